The molecule has 2 amide bonds. The molecule has 1 saturated heterocycles. The average Bonchev–Trinajstić information content (AvgIpc) is 2.62. The Kier molecular flexibility index (Phi) is 4.60. The molecule has 2 N–H and O–H groups in total. The molecule has 0 aliphatic carbocycles. The Morgan fingerprint density at radius 2 is 2.31 bits per heavy atom. The van der Waals surface area contributed by atoms with Gasteiger partial charge in [0, 0.05) is 19.5 Å². The van der Waals surface area contributed by atoms with Crippen molar-refractivity contribution in [3.63, 3.8) is 0 Å². The summed E-state index contributed by atoms with van der Waals surface area (Å²) in [6.45, 7) is -1.02. The van der Waals surface area contributed by atoms with Crippen LogP contribution in [0.3, 0.4) is 0 Å². The summed E-state index contributed by atoms with van der Waals surface area (Å²) >= 11 is 0. The van der Waals surface area contributed by atoms with Gasteiger partial charge in [0.05, 0.1) is 19.1 Å². The molecule has 1 rings (SSSR count). The van der Waals surface area contributed by atoms with Crippen molar-refractivity contribution in [2.75, 3.05) is 26.2 Å². The van der Waals surface area contributed by atoms with Gasteiger partial charge in [-0.2, -0.15) is 0 Å². The van der Waals surface area contributed by atoms with Crippen molar-refractivity contribution in [3.05, 3.63) is 0 Å². The van der Waals surface area contributed by atoms with E-state index in [1.165, 1.54) is 0 Å². The average molecular weight is 236 g/mol. The van der Waals surface area contributed by atoms with Gasteiger partial charge >= 0.3 is 0 Å². The van der Waals surface area contributed by atoms with Gasteiger partial charge in [-0.25, -0.2) is 8.78 Å². The van der Waals surface area contributed by atoms with E-state index in [2.05, 4.69) is 5.32 Å². The molecule has 1 fully saturated rings. The van der Waals surface area contributed by atoms with Crippen molar-refractivity contribution in [1.29, 1.82) is 0 Å². The molecule has 0 aromatic heterocycles. The zero-order valence-electron chi connectivity index (χ0n) is 8.66. The molecule has 92 valence electrons. The van der Waals surface area contributed by atoms with Crippen molar-refractivity contribution >= 4 is 11.8 Å². The summed E-state index contributed by atoms with van der Waals surface area (Å²) in [6, 6.07) is 0. The Morgan fingerprint density at radius 3 is 2.75 bits per heavy atom. The molecule has 1 unspecified atom stereocenters. The highest BCUT2D eigenvalue weighted by molar-refractivity contribution is 5.89. The highest BCUT2D eigenvalue weighted by Gasteiger charge is 2.32. The lowest BCUT2D eigenvalue weighted by atomic mass is 10.1. The Bertz CT molecular complexity index is 273. The molecule has 0 aromatic carbocycles. The topological polar surface area (TPSA) is 69.6 Å². The van der Waals surface area contributed by atoms with Crippen molar-refractivity contribution in [2.24, 2.45) is 5.92 Å². The van der Waals surface area contributed by atoms with E-state index in [1.54, 1.807) is 0 Å². The number of alkyl halides is 2. The molecule has 1 atom stereocenters. The number of carbonyl (C=O) groups is 2. The van der Waals surface area contributed by atoms with Crippen LogP contribution in [0.1, 0.15) is 6.42 Å². The highest BCUT2D eigenvalue weighted by atomic mass is 19.3. The van der Waals surface area contributed by atoms with Crippen LogP contribution in [0.15, 0.2) is 0 Å². The second-order valence-electron chi connectivity index (χ2n) is 3.60. The Morgan fingerprint density at radius 1 is 1.62 bits per heavy atom. The third kappa shape index (κ3) is 3.41. The van der Waals surface area contributed by atoms with E-state index < -0.39 is 24.8 Å². The summed E-state index contributed by atoms with van der Waals surface area (Å²) in [7, 11) is 0. The summed E-state index contributed by atoms with van der Waals surface area (Å²) in [5.41, 5.74) is 0. The van der Waals surface area contributed by atoms with Crippen LogP contribution >= 0.6 is 0 Å². The first-order chi connectivity index (χ1) is 7.54. The van der Waals surface area contributed by atoms with E-state index in [9.17, 15) is 18.4 Å². The molecule has 16 heavy (non-hydrogen) atoms. The Balaban J connectivity index is 2.55. The van der Waals surface area contributed by atoms with Crippen molar-refractivity contribution in [2.45, 2.75) is 12.8 Å². The fourth-order valence-electron chi connectivity index (χ4n) is 1.62. The zero-order chi connectivity index (χ0) is 12.1. The normalized spacial score (nSPS) is 20.0. The molecule has 0 bridgehead atoms. The van der Waals surface area contributed by atoms with Crippen LogP contribution < -0.4 is 5.32 Å². The van der Waals surface area contributed by atoms with E-state index in [-0.39, 0.29) is 32.0 Å². The largest absolute Gasteiger partial charge is 0.395 e. The maximum absolute atomic E-state index is 12.2. The number of nitrogens with one attached hydrogen (secondary N) is 1. The number of hydrogen-bond donors (Lipinski definition) is 2. The molecule has 7 heteroatoms. The minimum atomic E-state index is -2.64. The number of rotatable bonds is 5. The van der Waals surface area contributed by atoms with Crippen LogP contribution in [0, 0.1) is 5.92 Å². The first kappa shape index (κ1) is 12.8. The number of halogens is 2. The van der Waals surface area contributed by atoms with Gasteiger partial charge in [-0.15, -0.1) is 0 Å². The molecule has 1 heterocycles. The maximum Gasteiger partial charge on any atom is 0.255 e. The van der Waals surface area contributed by atoms with Gasteiger partial charge in [-0.05, 0) is 0 Å². The summed E-state index contributed by atoms with van der Waals surface area (Å²) < 4.78 is 24.3. The van der Waals surface area contributed by atoms with Gasteiger partial charge in [0.1, 0.15) is 0 Å². The fourth-order valence-corrected chi connectivity index (χ4v) is 1.62. The van der Waals surface area contributed by atoms with E-state index in [1.807, 2.05) is 0 Å². The van der Waals surface area contributed by atoms with Crippen molar-refractivity contribution < 1.29 is 23.5 Å². The molecular weight excluding hydrogens is 222 g/mol. The van der Waals surface area contributed by atoms with Gasteiger partial charge in [0.25, 0.3) is 6.43 Å². The summed E-state index contributed by atoms with van der Waals surface area (Å²) in [4.78, 5) is 23.5. The predicted molar refractivity (Wildman–Crippen MR) is 50.8 cm³/mol. The highest BCUT2D eigenvalue weighted by Crippen LogP contribution is 2.13. The minimum absolute atomic E-state index is 0.0317. The standard InChI is InChI=1S/C9H14F2N2O3/c10-7(11)5-13(1-2-14)9(16)6-3-8(15)12-4-6/h6-7,14H,1-5H2,(H,12,15). The van der Waals surface area contributed by atoms with E-state index in [0.29, 0.717) is 0 Å². The molecule has 1 aliphatic rings. The molecule has 0 radical (unpaired) electrons. The molecule has 5 nitrogen and oxygen atoms in total. The first-order valence-corrected chi connectivity index (χ1v) is 4.99. The summed E-state index contributed by atoms with van der Waals surface area (Å²) in [5.74, 6) is -1.34. The predicted octanol–water partition coefficient (Wildman–Crippen LogP) is -0.792. The third-order valence-corrected chi connectivity index (χ3v) is 2.37. The summed E-state index contributed by atoms with van der Waals surface area (Å²) in [5, 5.41) is 11.1. The van der Waals surface area contributed by atoms with Crippen LogP contribution in [0.5, 0.6) is 0 Å². The number of hydrogen-bond acceptors (Lipinski definition) is 3. The third-order valence-electron chi connectivity index (χ3n) is 2.37. The van der Waals surface area contributed by atoms with Crippen LogP contribution in [0.25, 0.3) is 0 Å². The number of aliphatic hydroxyl groups is 1. The Hall–Kier alpha value is -1.24. The second kappa shape index (κ2) is 5.74. The molecule has 0 aromatic rings. The van der Waals surface area contributed by atoms with E-state index in [4.69, 9.17) is 5.11 Å². The van der Waals surface area contributed by atoms with Gasteiger partial charge in [0.15, 0.2) is 0 Å². The first-order valence-electron chi connectivity index (χ1n) is 4.99. The summed E-state index contributed by atoms with van der Waals surface area (Å²) in [6.07, 6.45) is -2.61. The smallest absolute Gasteiger partial charge is 0.255 e. The second-order valence-corrected chi connectivity index (χ2v) is 3.60. The van der Waals surface area contributed by atoms with Crippen LogP contribution in [-0.2, 0) is 9.59 Å². The minimum Gasteiger partial charge on any atom is -0.395 e. The van der Waals surface area contributed by atoms with Gasteiger partial charge < -0.3 is 15.3 Å². The molecule has 0 spiro atoms. The lowest BCUT2D eigenvalue weighted by molar-refractivity contribution is -0.138. The van der Waals surface area contributed by atoms with Gasteiger partial charge in [0.2, 0.25) is 11.8 Å². The van der Waals surface area contributed by atoms with Crippen LogP contribution in [-0.4, -0.2) is 54.5 Å². The lowest BCUT2D eigenvalue weighted by Crippen LogP contribution is -2.41. The quantitative estimate of drug-likeness (QED) is 0.657. The monoisotopic (exact) mass is 236 g/mol. The molecule has 0 saturated carbocycles. The lowest BCUT2D eigenvalue weighted by Gasteiger charge is -2.23. The fraction of sp³-hybridized carbons (Fsp3) is 0.778. The number of aliphatic hydroxyl groups excluding tert-OH is 1. The van der Waals surface area contributed by atoms with Crippen molar-refractivity contribution in [3.8, 4) is 0 Å². The number of amides is 2. The SMILES string of the molecule is O=C1CC(C(=O)N(CCO)CC(F)F)CN1. The Labute approximate surface area is 91.4 Å². The van der Waals surface area contributed by atoms with Crippen LogP contribution in [0.4, 0.5) is 8.78 Å². The van der Waals surface area contributed by atoms with Crippen LogP contribution in [0.2, 0.25) is 0 Å². The molecular formula is C9H14F2N2O3. The number of carbonyl (C=O) groups excluding carboxylic acids is 2. The maximum atomic E-state index is 12.2. The zero-order valence-corrected chi connectivity index (χ0v) is 8.66. The van der Waals surface area contributed by atoms with Gasteiger partial charge in [-0.1, -0.05) is 0 Å². The van der Waals surface area contributed by atoms with E-state index >= 15 is 0 Å². The number of nitrogens with zero attached hydrogens (tertiary/aromatic N) is 1. The van der Waals surface area contributed by atoms with Gasteiger partial charge in [-0.3, -0.25) is 9.59 Å². The van der Waals surface area contributed by atoms with E-state index in [0.717, 1.165) is 4.90 Å². The molecule has 1 aliphatic heterocycles. The van der Waals surface area contributed by atoms with Crippen molar-refractivity contribution in [1.82, 2.24) is 10.2 Å².